The quantitative estimate of drug-likeness (QED) is 0.514. The van der Waals surface area contributed by atoms with Gasteiger partial charge in [-0.1, -0.05) is 0 Å². The lowest BCUT2D eigenvalue weighted by Crippen LogP contribution is -2.36. The number of anilines is 1. The van der Waals surface area contributed by atoms with Crippen molar-refractivity contribution in [1.29, 1.82) is 0 Å². The van der Waals surface area contributed by atoms with E-state index in [4.69, 9.17) is 31.4 Å². The molecule has 0 saturated carbocycles. The predicted molar refractivity (Wildman–Crippen MR) is 89.7 cm³/mol. The number of morpholine rings is 1. The Balaban J connectivity index is 2.43. The maximum atomic E-state index is 5.68. The molecule has 1 aromatic rings. The van der Waals surface area contributed by atoms with Crippen LogP contribution in [0.4, 0.5) is 11.4 Å². The fourth-order valence-corrected chi connectivity index (χ4v) is 2.28. The van der Waals surface area contributed by atoms with Gasteiger partial charge < -0.3 is 36.3 Å². The zero-order valence-corrected chi connectivity index (χ0v) is 13.3. The lowest BCUT2D eigenvalue weighted by atomic mass is 10.2. The van der Waals surface area contributed by atoms with Crippen molar-refractivity contribution in [3.63, 3.8) is 0 Å². The summed E-state index contributed by atoms with van der Waals surface area (Å²) in [5, 5.41) is 0. The molecule has 1 heterocycles. The minimum atomic E-state index is -0.165. The van der Waals surface area contributed by atoms with Crippen LogP contribution < -0.4 is 31.6 Å². The Morgan fingerprint density at radius 2 is 1.74 bits per heavy atom. The Hall–Kier alpha value is -2.68. The fourth-order valence-electron chi connectivity index (χ4n) is 2.28. The first-order chi connectivity index (χ1) is 11.0. The standard InChI is InChI=1S/C14H22N6O3/c1-21-11-8-10(20-3-5-23-6-4-20)12(22-2)7-9(11)18-14(17)19-13(15)16/h7-8H,3-6H2,1-2H3,(H6,15,16,17,18,19). The maximum Gasteiger partial charge on any atom is 0.223 e. The highest BCUT2D eigenvalue weighted by molar-refractivity contribution is 5.94. The molecule has 1 aliphatic rings. The molecule has 1 fully saturated rings. The smallest absolute Gasteiger partial charge is 0.223 e. The number of guanidine groups is 2. The van der Waals surface area contributed by atoms with Gasteiger partial charge in [0.05, 0.1) is 33.1 Å². The summed E-state index contributed by atoms with van der Waals surface area (Å²) in [7, 11) is 3.15. The number of hydrogen-bond donors (Lipinski definition) is 3. The minimum Gasteiger partial charge on any atom is -0.494 e. The van der Waals surface area contributed by atoms with Gasteiger partial charge in [0.25, 0.3) is 0 Å². The van der Waals surface area contributed by atoms with Crippen LogP contribution in [0.25, 0.3) is 0 Å². The van der Waals surface area contributed by atoms with Crippen LogP contribution in [0.5, 0.6) is 11.5 Å². The first kappa shape index (κ1) is 16.7. The van der Waals surface area contributed by atoms with Crippen LogP contribution >= 0.6 is 0 Å². The predicted octanol–water partition coefficient (Wildman–Crippen LogP) is -0.240. The number of nitrogens with two attached hydrogens (primary N) is 3. The molecular weight excluding hydrogens is 300 g/mol. The summed E-state index contributed by atoms with van der Waals surface area (Å²) in [6, 6.07) is 3.59. The van der Waals surface area contributed by atoms with Crippen LogP contribution in [0.3, 0.4) is 0 Å². The normalized spacial score (nSPS) is 15.2. The molecule has 0 bridgehead atoms. The van der Waals surface area contributed by atoms with Gasteiger partial charge in [-0.15, -0.1) is 0 Å². The molecule has 0 unspecified atom stereocenters. The lowest BCUT2D eigenvalue weighted by Gasteiger charge is -2.30. The molecule has 1 saturated heterocycles. The summed E-state index contributed by atoms with van der Waals surface area (Å²) >= 11 is 0. The molecule has 0 aromatic heterocycles. The summed E-state index contributed by atoms with van der Waals surface area (Å²) in [4.78, 5) is 10.0. The molecule has 23 heavy (non-hydrogen) atoms. The van der Waals surface area contributed by atoms with E-state index in [9.17, 15) is 0 Å². The highest BCUT2D eigenvalue weighted by atomic mass is 16.5. The van der Waals surface area contributed by atoms with Gasteiger partial charge in [-0.25, -0.2) is 4.99 Å². The number of benzene rings is 1. The van der Waals surface area contributed by atoms with E-state index in [2.05, 4.69) is 14.9 Å². The molecule has 0 aliphatic carbocycles. The van der Waals surface area contributed by atoms with E-state index in [1.165, 1.54) is 0 Å². The average molecular weight is 322 g/mol. The maximum absolute atomic E-state index is 5.68. The van der Waals surface area contributed by atoms with Crippen molar-refractivity contribution in [3.8, 4) is 11.5 Å². The van der Waals surface area contributed by atoms with Crippen LogP contribution in [-0.2, 0) is 4.74 Å². The van der Waals surface area contributed by atoms with E-state index in [1.54, 1.807) is 20.3 Å². The van der Waals surface area contributed by atoms with E-state index >= 15 is 0 Å². The summed E-state index contributed by atoms with van der Waals surface area (Å²) in [6.07, 6.45) is 0. The summed E-state index contributed by atoms with van der Waals surface area (Å²) in [6.45, 7) is 2.89. The third-order valence-corrected chi connectivity index (χ3v) is 3.31. The molecule has 0 spiro atoms. The van der Waals surface area contributed by atoms with Crippen molar-refractivity contribution in [2.75, 3.05) is 45.4 Å². The van der Waals surface area contributed by atoms with Gasteiger partial charge >= 0.3 is 0 Å². The van der Waals surface area contributed by atoms with Crippen LogP contribution in [0.1, 0.15) is 0 Å². The van der Waals surface area contributed by atoms with Crippen LogP contribution in [0.2, 0.25) is 0 Å². The van der Waals surface area contributed by atoms with Crippen molar-refractivity contribution in [3.05, 3.63) is 12.1 Å². The van der Waals surface area contributed by atoms with E-state index in [-0.39, 0.29) is 11.9 Å². The Labute approximate surface area is 134 Å². The van der Waals surface area contributed by atoms with Gasteiger partial charge in [0, 0.05) is 25.2 Å². The number of rotatable bonds is 4. The number of hydrogen-bond acceptors (Lipinski definition) is 5. The molecule has 0 radical (unpaired) electrons. The Kier molecular flexibility index (Phi) is 5.47. The summed E-state index contributed by atoms with van der Waals surface area (Å²) in [5.74, 6) is 0.969. The second-order valence-electron chi connectivity index (χ2n) is 4.80. The number of nitrogens with zero attached hydrogens (tertiary/aromatic N) is 3. The number of methoxy groups -OCH3 is 2. The second-order valence-corrected chi connectivity index (χ2v) is 4.80. The monoisotopic (exact) mass is 322 g/mol. The van der Waals surface area contributed by atoms with Gasteiger partial charge in [0.2, 0.25) is 5.96 Å². The summed E-state index contributed by atoms with van der Waals surface area (Å²) < 4.78 is 16.2. The Morgan fingerprint density at radius 1 is 1.09 bits per heavy atom. The van der Waals surface area contributed by atoms with E-state index < -0.39 is 0 Å². The minimum absolute atomic E-state index is 0.0653. The lowest BCUT2D eigenvalue weighted by molar-refractivity contribution is 0.122. The molecule has 126 valence electrons. The average Bonchev–Trinajstić information content (AvgIpc) is 2.54. The van der Waals surface area contributed by atoms with Gasteiger partial charge in [0.1, 0.15) is 17.2 Å². The zero-order chi connectivity index (χ0) is 16.8. The van der Waals surface area contributed by atoms with Gasteiger partial charge in [-0.2, -0.15) is 4.99 Å². The van der Waals surface area contributed by atoms with Gasteiger partial charge in [-0.3, -0.25) is 0 Å². The highest BCUT2D eigenvalue weighted by Gasteiger charge is 2.19. The van der Waals surface area contributed by atoms with Crippen molar-refractivity contribution in [2.45, 2.75) is 0 Å². The molecule has 9 nitrogen and oxygen atoms in total. The molecule has 6 N–H and O–H groups in total. The van der Waals surface area contributed by atoms with Crippen LogP contribution in [-0.4, -0.2) is 52.4 Å². The van der Waals surface area contributed by atoms with Crippen molar-refractivity contribution in [1.82, 2.24) is 0 Å². The highest BCUT2D eigenvalue weighted by Crippen LogP contribution is 2.40. The van der Waals surface area contributed by atoms with Gasteiger partial charge in [-0.05, 0) is 0 Å². The van der Waals surface area contributed by atoms with E-state index in [1.807, 2.05) is 6.07 Å². The Bertz CT molecular complexity index is 607. The number of ether oxygens (including phenoxy) is 3. The molecule has 2 rings (SSSR count). The van der Waals surface area contributed by atoms with Crippen molar-refractivity contribution >= 4 is 23.3 Å². The zero-order valence-electron chi connectivity index (χ0n) is 13.3. The molecule has 1 aliphatic heterocycles. The molecule has 1 aromatic carbocycles. The first-order valence-electron chi connectivity index (χ1n) is 7.07. The van der Waals surface area contributed by atoms with Crippen LogP contribution in [0.15, 0.2) is 22.1 Å². The third-order valence-electron chi connectivity index (χ3n) is 3.31. The van der Waals surface area contributed by atoms with Crippen molar-refractivity contribution < 1.29 is 14.2 Å². The summed E-state index contributed by atoms with van der Waals surface area (Å²) in [5.41, 5.74) is 17.6. The van der Waals surface area contributed by atoms with E-state index in [0.717, 1.165) is 18.8 Å². The molecule has 0 atom stereocenters. The number of aliphatic imine (C=N–C) groups is 2. The van der Waals surface area contributed by atoms with Crippen LogP contribution in [0, 0.1) is 0 Å². The second kappa shape index (κ2) is 7.54. The molecule has 9 heteroatoms. The SMILES string of the molecule is COc1cc(N2CCOCC2)c(OC)cc1N=C(N)N=C(N)N. The topological polar surface area (TPSA) is 134 Å². The van der Waals surface area contributed by atoms with Crippen molar-refractivity contribution in [2.24, 2.45) is 27.2 Å². The molecular formula is C14H22N6O3. The third kappa shape index (κ3) is 4.16. The molecule has 0 amide bonds. The largest absolute Gasteiger partial charge is 0.494 e. The first-order valence-corrected chi connectivity index (χ1v) is 7.07. The Morgan fingerprint density at radius 3 is 2.30 bits per heavy atom. The fraction of sp³-hybridized carbons (Fsp3) is 0.429. The van der Waals surface area contributed by atoms with Gasteiger partial charge in [0.15, 0.2) is 5.96 Å². The van der Waals surface area contributed by atoms with E-state index in [0.29, 0.717) is 30.4 Å².